The molecule has 1 aliphatic rings. The van der Waals surface area contributed by atoms with Gasteiger partial charge in [-0.3, -0.25) is 4.79 Å². The van der Waals surface area contributed by atoms with Gasteiger partial charge in [0.1, 0.15) is 0 Å². The molecule has 4 nitrogen and oxygen atoms in total. The fourth-order valence-corrected chi connectivity index (χ4v) is 2.96. The maximum Gasteiger partial charge on any atom is 0.252 e. The van der Waals surface area contributed by atoms with Crippen LogP contribution in [0.15, 0.2) is 10.8 Å². The Kier molecular flexibility index (Phi) is 5.16. The highest BCUT2D eigenvalue weighted by Gasteiger charge is 2.10. The highest BCUT2D eigenvalue weighted by molar-refractivity contribution is 7.08. The van der Waals surface area contributed by atoms with Crippen LogP contribution in [-0.4, -0.2) is 50.1 Å². The van der Waals surface area contributed by atoms with Crippen LogP contribution in [0.4, 0.5) is 0 Å². The average molecular weight is 267 g/mol. The molecule has 1 saturated heterocycles. The normalized spacial score (nSPS) is 16.7. The Morgan fingerprint density at radius 3 is 2.89 bits per heavy atom. The van der Waals surface area contributed by atoms with Crippen LogP contribution in [0.3, 0.4) is 0 Å². The SMILES string of the molecule is Cc1cscc1C(=O)NCCCN1CCNCC1. The van der Waals surface area contributed by atoms with Gasteiger partial charge in [0.15, 0.2) is 0 Å². The minimum absolute atomic E-state index is 0.0639. The number of carbonyl (C=O) groups is 1. The standard InChI is InChI=1S/C13H21N3OS/c1-11-9-18-10-12(11)13(17)15-3-2-6-16-7-4-14-5-8-16/h9-10,14H,2-8H2,1H3,(H,15,17). The van der Waals surface area contributed by atoms with E-state index in [0.29, 0.717) is 0 Å². The molecule has 1 aliphatic heterocycles. The van der Waals surface area contributed by atoms with E-state index in [-0.39, 0.29) is 5.91 Å². The number of rotatable bonds is 5. The molecule has 0 spiro atoms. The minimum Gasteiger partial charge on any atom is -0.352 e. The van der Waals surface area contributed by atoms with Gasteiger partial charge in [-0.25, -0.2) is 0 Å². The second-order valence-electron chi connectivity index (χ2n) is 4.67. The summed E-state index contributed by atoms with van der Waals surface area (Å²) in [6.45, 7) is 8.23. The lowest BCUT2D eigenvalue weighted by molar-refractivity contribution is 0.0951. The lowest BCUT2D eigenvalue weighted by Crippen LogP contribution is -2.44. The van der Waals surface area contributed by atoms with E-state index in [1.54, 1.807) is 11.3 Å². The Labute approximate surface area is 112 Å². The summed E-state index contributed by atoms with van der Waals surface area (Å²) in [5.74, 6) is 0.0639. The predicted molar refractivity (Wildman–Crippen MR) is 75.3 cm³/mol. The molecule has 0 aromatic carbocycles. The number of nitrogens with zero attached hydrogens (tertiary/aromatic N) is 1. The predicted octanol–water partition coefficient (Wildman–Crippen LogP) is 1.08. The third-order valence-electron chi connectivity index (χ3n) is 3.25. The molecule has 0 atom stereocenters. The molecule has 5 heteroatoms. The van der Waals surface area contributed by atoms with Gasteiger partial charge in [-0.2, -0.15) is 11.3 Å². The topological polar surface area (TPSA) is 44.4 Å². The zero-order valence-electron chi connectivity index (χ0n) is 10.9. The first kappa shape index (κ1) is 13.5. The van der Waals surface area contributed by atoms with Gasteiger partial charge < -0.3 is 15.5 Å². The molecule has 1 fully saturated rings. The van der Waals surface area contributed by atoms with Crippen molar-refractivity contribution in [2.24, 2.45) is 0 Å². The first-order chi connectivity index (χ1) is 8.77. The summed E-state index contributed by atoms with van der Waals surface area (Å²) < 4.78 is 0. The number of hydrogen-bond donors (Lipinski definition) is 2. The van der Waals surface area contributed by atoms with Gasteiger partial charge in [-0.1, -0.05) is 0 Å². The maximum atomic E-state index is 11.8. The zero-order chi connectivity index (χ0) is 12.8. The number of hydrogen-bond acceptors (Lipinski definition) is 4. The third-order valence-corrected chi connectivity index (χ3v) is 4.11. The summed E-state index contributed by atoms with van der Waals surface area (Å²) in [7, 11) is 0. The van der Waals surface area contributed by atoms with Crippen LogP contribution in [0.2, 0.25) is 0 Å². The minimum atomic E-state index is 0.0639. The number of aryl methyl sites for hydroxylation is 1. The molecule has 0 aliphatic carbocycles. The second kappa shape index (κ2) is 6.87. The van der Waals surface area contributed by atoms with E-state index in [2.05, 4.69) is 15.5 Å². The van der Waals surface area contributed by atoms with Crippen molar-refractivity contribution < 1.29 is 4.79 Å². The lowest BCUT2D eigenvalue weighted by atomic mass is 10.2. The number of piperazine rings is 1. The summed E-state index contributed by atoms with van der Waals surface area (Å²) in [6, 6.07) is 0. The fourth-order valence-electron chi connectivity index (χ4n) is 2.13. The number of thiophene rings is 1. The molecule has 2 N–H and O–H groups in total. The summed E-state index contributed by atoms with van der Waals surface area (Å²) >= 11 is 1.58. The molecule has 1 amide bonds. The Hall–Kier alpha value is -0.910. The van der Waals surface area contributed by atoms with Crippen LogP contribution < -0.4 is 10.6 Å². The van der Waals surface area contributed by atoms with Crippen LogP contribution in [-0.2, 0) is 0 Å². The van der Waals surface area contributed by atoms with Gasteiger partial charge in [0.05, 0.1) is 5.56 Å². The van der Waals surface area contributed by atoms with Gasteiger partial charge in [-0.05, 0) is 30.8 Å². The molecule has 0 bridgehead atoms. The van der Waals surface area contributed by atoms with E-state index < -0.39 is 0 Å². The van der Waals surface area contributed by atoms with Gasteiger partial charge in [-0.15, -0.1) is 0 Å². The summed E-state index contributed by atoms with van der Waals surface area (Å²) in [6.07, 6.45) is 1.02. The van der Waals surface area contributed by atoms with Crippen LogP contribution in [0.25, 0.3) is 0 Å². The average Bonchev–Trinajstić information content (AvgIpc) is 2.82. The number of amides is 1. The van der Waals surface area contributed by atoms with Crippen molar-refractivity contribution in [1.82, 2.24) is 15.5 Å². The van der Waals surface area contributed by atoms with E-state index in [9.17, 15) is 4.79 Å². The highest BCUT2D eigenvalue weighted by Crippen LogP contribution is 2.13. The van der Waals surface area contributed by atoms with E-state index in [0.717, 1.165) is 56.8 Å². The number of carbonyl (C=O) groups excluding carboxylic acids is 1. The highest BCUT2D eigenvalue weighted by atomic mass is 32.1. The first-order valence-electron chi connectivity index (χ1n) is 6.51. The monoisotopic (exact) mass is 267 g/mol. The molecule has 0 radical (unpaired) electrons. The van der Waals surface area contributed by atoms with Gasteiger partial charge in [0.25, 0.3) is 5.91 Å². The van der Waals surface area contributed by atoms with Crippen molar-refractivity contribution in [3.05, 3.63) is 21.9 Å². The van der Waals surface area contributed by atoms with Crippen molar-refractivity contribution in [2.45, 2.75) is 13.3 Å². The maximum absolute atomic E-state index is 11.8. The molecular weight excluding hydrogens is 246 g/mol. The molecule has 2 rings (SSSR count). The van der Waals surface area contributed by atoms with Crippen LogP contribution >= 0.6 is 11.3 Å². The lowest BCUT2D eigenvalue weighted by Gasteiger charge is -2.27. The smallest absolute Gasteiger partial charge is 0.252 e. The molecule has 2 heterocycles. The van der Waals surface area contributed by atoms with Gasteiger partial charge in [0, 0.05) is 38.1 Å². The molecule has 100 valence electrons. The van der Waals surface area contributed by atoms with E-state index in [4.69, 9.17) is 0 Å². The first-order valence-corrected chi connectivity index (χ1v) is 7.46. The number of nitrogens with one attached hydrogen (secondary N) is 2. The van der Waals surface area contributed by atoms with Gasteiger partial charge >= 0.3 is 0 Å². The van der Waals surface area contributed by atoms with Crippen molar-refractivity contribution in [3.8, 4) is 0 Å². The quantitative estimate of drug-likeness (QED) is 0.785. The Bertz CT molecular complexity index is 385. The summed E-state index contributed by atoms with van der Waals surface area (Å²) in [5, 5.41) is 10.3. The van der Waals surface area contributed by atoms with Crippen molar-refractivity contribution >= 4 is 17.2 Å². The Balaban J connectivity index is 1.63. The van der Waals surface area contributed by atoms with E-state index >= 15 is 0 Å². The Morgan fingerprint density at radius 1 is 1.44 bits per heavy atom. The second-order valence-corrected chi connectivity index (χ2v) is 5.41. The van der Waals surface area contributed by atoms with Crippen LogP contribution in [0, 0.1) is 6.92 Å². The van der Waals surface area contributed by atoms with E-state index in [1.165, 1.54) is 0 Å². The molecule has 18 heavy (non-hydrogen) atoms. The zero-order valence-corrected chi connectivity index (χ0v) is 11.7. The molecule has 1 aromatic heterocycles. The largest absolute Gasteiger partial charge is 0.352 e. The van der Waals surface area contributed by atoms with E-state index in [1.807, 2.05) is 17.7 Å². The van der Waals surface area contributed by atoms with Gasteiger partial charge in [0.2, 0.25) is 0 Å². The van der Waals surface area contributed by atoms with Crippen molar-refractivity contribution in [2.75, 3.05) is 39.3 Å². The third kappa shape index (κ3) is 3.80. The summed E-state index contributed by atoms with van der Waals surface area (Å²) in [5.41, 5.74) is 1.89. The fraction of sp³-hybridized carbons (Fsp3) is 0.615. The van der Waals surface area contributed by atoms with Crippen molar-refractivity contribution in [1.29, 1.82) is 0 Å². The van der Waals surface area contributed by atoms with Crippen LogP contribution in [0.5, 0.6) is 0 Å². The molecule has 0 saturated carbocycles. The van der Waals surface area contributed by atoms with Crippen LogP contribution in [0.1, 0.15) is 22.3 Å². The summed E-state index contributed by atoms with van der Waals surface area (Å²) in [4.78, 5) is 14.3. The molecule has 0 unspecified atom stereocenters. The molecular formula is C13H21N3OS. The Morgan fingerprint density at radius 2 is 2.22 bits per heavy atom. The molecule has 1 aromatic rings. The van der Waals surface area contributed by atoms with Crippen molar-refractivity contribution in [3.63, 3.8) is 0 Å².